The number of hydrogen-bond acceptors (Lipinski definition) is 2. The van der Waals surface area contributed by atoms with Crippen LogP contribution in [0.2, 0.25) is 0 Å². The van der Waals surface area contributed by atoms with Crippen molar-refractivity contribution in [1.82, 2.24) is 5.32 Å². The summed E-state index contributed by atoms with van der Waals surface area (Å²) in [7, 11) is 0. The first-order chi connectivity index (χ1) is 2.93. The van der Waals surface area contributed by atoms with Crippen LogP contribution in [0.25, 0.3) is 0 Å². The average Bonchev–Trinajstić information content (AvgIpc) is 2.21. The maximum Gasteiger partial charge on any atom is 0.0205 e. The molecule has 6 heavy (non-hydrogen) atoms. The van der Waals surface area contributed by atoms with Gasteiger partial charge in [0.2, 0.25) is 0 Å². The number of hydrogen-bond donors (Lipinski definition) is 2. The molecule has 2 heteroatoms. The highest BCUT2D eigenvalue weighted by atomic mass is 15.1. The van der Waals surface area contributed by atoms with E-state index in [9.17, 15) is 0 Å². The minimum Gasteiger partial charge on any atom is -0.330 e. The first kappa shape index (κ1) is 4.09. The van der Waals surface area contributed by atoms with Gasteiger partial charge in [-0.2, -0.15) is 0 Å². The minimum atomic E-state index is 0.773. The first-order valence-corrected chi connectivity index (χ1v) is 2.37. The Morgan fingerprint density at radius 1 is 1.83 bits per heavy atom. The van der Waals surface area contributed by atoms with Gasteiger partial charge in [0, 0.05) is 12.6 Å². The fraction of sp³-hybridized carbons (Fsp3) is 1.00. The van der Waals surface area contributed by atoms with Crippen LogP contribution < -0.4 is 11.1 Å². The molecule has 0 aromatic carbocycles. The fourth-order valence-corrected chi connectivity index (χ4v) is 0.489. The molecule has 1 aliphatic rings. The van der Waals surface area contributed by atoms with Crippen molar-refractivity contribution in [1.29, 1.82) is 0 Å². The van der Waals surface area contributed by atoms with Crippen molar-refractivity contribution in [3.63, 3.8) is 0 Å². The molecule has 0 aromatic heterocycles. The number of nitrogens with two attached hydrogens (primary N) is 1. The van der Waals surface area contributed by atoms with Crippen molar-refractivity contribution < 1.29 is 0 Å². The zero-order chi connectivity index (χ0) is 4.41. The van der Waals surface area contributed by atoms with Crippen molar-refractivity contribution in [2.45, 2.75) is 12.5 Å². The van der Waals surface area contributed by atoms with E-state index in [1.165, 1.54) is 6.54 Å². The van der Waals surface area contributed by atoms with Gasteiger partial charge < -0.3 is 11.1 Å². The van der Waals surface area contributed by atoms with Gasteiger partial charge in [-0.3, -0.25) is 0 Å². The molecule has 0 saturated carbocycles. The van der Waals surface area contributed by atoms with Gasteiger partial charge in [-0.25, -0.2) is 0 Å². The molecule has 1 atom stereocenters. The molecule has 0 bridgehead atoms. The molecule has 1 saturated heterocycles. The molecular formula is C4H10N2. The summed E-state index contributed by atoms with van der Waals surface area (Å²) in [6.45, 7) is 2.02. The second kappa shape index (κ2) is 1.58. The molecule has 3 N–H and O–H groups in total. The zero-order valence-electron chi connectivity index (χ0n) is 3.78. The normalized spacial score (nSPS) is 30.5. The maximum absolute atomic E-state index is 5.23. The van der Waals surface area contributed by atoms with Crippen molar-refractivity contribution in [2.75, 3.05) is 13.1 Å². The molecule has 2 nitrogen and oxygen atoms in total. The minimum absolute atomic E-state index is 0.773. The van der Waals surface area contributed by atoms with Crippen LogP contribution in [0.3, 0.4) is 0 Å². The lowest BCUT2D eigenvalue weighted by atomic mass is 10.3. The molecule has 36 valence electrons. The standard InChI is InChI=1S/C4H10N2/c5-2-1-4-3-6-4/h4,6H,1-3,5H2. The first-order valence-electron chi connectivity index (χ1n) is 2.37. The van der Waals surface area contributed by atoms with Gasteiger partial charge >= 0.3 is 0 Å². The Balaban J connectivity index is 1.88. The quantitative estimate of drug-likeness (QED) is 0.437. The molecule has 0 aromatic rings. The lowest BCUT2D eigenvalue weighted by Crippen LogP contribution is -2.03. The zero-order valence-corrected chi connectivity index (χ0v) is 3.78. The molecular weight excluding hydrogens is 76.1 g/mol. The highest BCUT2D eigenvalue weighted by Crippen LogP contribution is 1.98. The monoisotopic (exact) mass is 86.1 g/mol. The molecule has 0 aliphatic carbocycles. The van der Waals surface area contributed by atoms with E-state index in [1.54, 1.807) is 0 Å². The van der Waals surface area contributed by atoms with Gasteiger partial charge in [-0.05, 0) is 13.0 Å². The van der Waals surface area contributed by atoms with E-state index in [4.69, 9.17) is 5.73 Å². The van der Waals surface area contributed by atoms with Crippen LogP contribution in [0.4, 0.5) is 0 Å². The second-order valence-corrected chi connectivity index (χ2v) is 1.68. The number of nitrogens with one attached hydrogen (secondary N) is 1. The lowest BCUT2D eigenvalue weighted by molar-refractivity contribution is 0.814. The molecule has 0 spiro atoms. The summed E-state index contributed by atoms with van der Waals surface area (Å²) in [5, 5.41) is 3.16. The van der Waals surface area contributed by atoms with E-state index in [0.717, 1.165) is 19.0 Å². The second-order valence-electron chi connectivity index (χ2n) is 1.68. The largest absolute Gasteiger partial charge is 0.330 e. The third-order valence-electron chi connectivity index (χ3n) is 1.01. The van der Waals surface area contributed by atoms with Crippen LogP contribution in [0.1, 0.15) is 6.42 Å². The van der Waals surface area contributed by atoms with Gasteiger partial charge in [0.1, 0.15) is 0 Å². The van der Waals surface area contributed by atoms with Crippen molar-refractivity contribution in [3.8, 4) is 0 Å². The van der Waals surface area contributed by atoms with Crippen LogP contribution >= 0.6 is 0 Å². The van der Waals surface area contributed by atoms with Crippen LogP contribution in [0.5, 0.6) is 0 Å². The molecule has 0 amide bonds. The highest BCUT2D eigenvalue weighted by Gasteiger charge is 2.17. The molecule has 1 heterocycles. The van der Waals surface area contributed by atoms with E-state index in [-0.39, 0.29) is 0 Å². The van der Waals surface area contributed by atoms with Crippen LogP contribution in [0.15, 0.2) is 0 Å². The molecule has 1 rings (SSSR count). The molecule has 1 aliphatic heterocycles. The van der Waals surface area contributed by atoms with Crippen LogP contribution in [-0.4, -0.2) is 19.1 Å². The van der Waals surface area contributed by atoms with E-state index in [0.29, 0.717) is 0 Å². The molecule has 1 fully saturated rings. The Kier molecular flexibility index (Phi) is 1.08. The Bertz CT molecular complexity index is 40.8. The summed E-state index contributed by atoms with van der Waals surface area (Å²) in [5.74, 6) is 0. The summed E-state index contributed by atoms with van der Waals surface area (Å²) in [6, 6.07) is 0.773. The van der Waals surface area contributed by atoms with Crippen molar-refractivity contribution in [3.05, 3.63) is 0 Å². The summed E-state index contributed by atoms with van der Waals surface area (Å²) in [4.78, 5) is 0. The molecule has 0 radical (unpaired) electrons. The summed E-state index contributed by atoms with van der Waals surface area (Å²) in [5.41, 5.74) is 5.23. The fourth-order valence-electron chi connectivity index (χ4n) is 0.489. The van der Waals surface area contributed by atoms with Gasteiger partial charge in [0.25, 0.3) is 0 Å². The van der Waals surface area contributed by atoms with Crippen molar-refractivity contribution in [2.24, 2.45) is 5.73 Å². The predicted molar refractivity (Wildman–Crippen MR) is 25.5 cm³/mol. The van der Waals surface area contributed by atoms with Crippen LogP contribution in [-0.2, 0) is 0 Å². The number of rotatable bonds is 2. The Morgan fingerprint density at radius 3 is 2.67 bits per heavy atom. The highest BCUT2D eigenvalue weighted by molar-refractivity contribution is 4.82. The summed E-state index contributed by atoms with van der Waals surface area (Å²) < 4.78 is 0. The Labute approximate surface area is 37.7 Å². The van der Waals surface area contributed by atoms with E-state index >= 15 is 0 Å². The summed E-state index contributed by atoms with van der Waals surface area (Å²) in [6.07, 6.45) is 1.15. The SMILES string of the molecule is NCCC1CN1. The van der Waals surface area contributed by atoms with E-state index < -0.39 is 0 Å². The third kappa shape index (κ3) is 0.954. The van der Waals surface area contributed by atoms with Gasteiger partial charge in [-0.15, -0.1) is 0 Å². The van der Waals surface area contributed by atoms with E-state index in [2.05, 4.69) is 5.32 Å². The van der Waals surface area contributed by atoms with Crippen molar-refractivity contribution >= 4 is 0 Å². The molecule has 1 unspecified atom stereocenters. The predicted octanol–water partition coefficient (Wildman–Crippen LogP) is -0.693. The van der Waals surface area contributed by atoms with Gasteiger partial charge in [0.05, 0.1) is 0 Å². The van der Waals surface area contributed by atoms with Gasteiger partial charge in [0.15, 0.2) is 0 Å². The third-order valence-corrected chi connectivity index (χ3v) is 1.01. The average molecular weight is 86.1 g/mol. The van der Waals surface area contributed by atoms with E-state index in [1.807, 2.05) is 0 Å². The Hall–Kier alpha value is -0.0800. The smallest absolute Gasteiger partial charge is 0.0205 e. The Morgan fingerprint density at radius 2 is 2.50 bits per heavy atom. The summed E-state index contributed by atoms with van der Waals surface area (Å²) >= 11 is 0. The topological polar surface area (TPSA) is 48.0 Å². The maximum atomic E-state index is 5.23. The lowest BCUT2D eigenvalue weighted by Gasteiger charge is -1.82. The van der Waals surface area contributed by atoms with Crippen LogP contribution in [0, 0.1) is 0 Å². The van der Waals surface area contributed by atoms with Gasteiger partial charge in [-0.1, -0.05) is 0 Å².